The van der Waals surface area contributed by atoms with Crippen molar-refractivity contribution in [3.8, 4) is 11.8 Å². The number of nitriles is 1. The molecule has 2 heterocycles. The van der Waals surface area contributed by atoms with Crippen LogP contribution in [-0.4, -0.2) is 13.1 Å². The highest BCUT2D eigenvalue weighted by Crippen LogP contribution is 2.49. The Hall–Kier alpha value is -2.78. The molecule has 0 spiro atoms. The minimum Gasteiger partial charge on any atom is -0.465 e. The van der Waals surface area contributed by atoms with Crippen LogP contribution in [0.25, 0.3) is 0 Å². The average molecular weight is 340 g/mol. The first kappa shape index (κ1) is 16.1. The van der Waals surface area contributed by atoms with Gasteiger partial charge in [-0.2, -0.15) is 5.26 Å². The lowest BCUT2D eigenvalue weighted by atomic mass is 9.88. The summed E-state index contributed by atoms with van der Waals surface area (Å²) < 4.78 is 10.5. The number of carbonyl (C=O) groups excluding carboxylic acids is 1. The van der Waals surface area contributed by atoms with Gasteiger partial charge in [0.05, 0.1) is 17.9 Å². The van der Waals surface area contributed by atoms with Crippen LogP contribution in [0.15, 0.2) is 35.7 Å². The number of methoxy groups -OCH3 is 1. The fourth-order valence-corrected chi connectivity index (χ4v) is 4.03. The molecule has 1 atom stereocenters. The molecule has 0 radical (unpaired) electrons. The molecule has 0 bridgehead atoms. The molecule has 1 aromatic heterocycles. The topological polar surface area (TPSA) is 85.3 Å². The van der Waals surface area contributed by atoms with Gasteiger partial charge in [0.1, 0.15) is 17.2 Å². The third-order valence-corrected chi connectivity index (χ3v) is 5.17. The molecule has 24 heavy (non-hydrogen) atoms. The highest BCUT2D eigenvalue weighted by Gasteiger charge is 2.36. The quantitative estimate of drug-likeness (QED) is 0.847. The number of rotatable bonds is 2. The number of hydrogen-bond acceptors (Lipinski definition) is 6. The van der Waals surface area contributed by atoms with E-state index in [4.69, 9.17) is 15.2 Å². The first-order valence-electron chi connectivity index (χ1n) is 7.33. The highest BCUT2D eigenvalue weighted by molar-refractivity contribution is 7.12. The van der Waals surface area contributed by atoms with Gasteiger partial charge in [-0.25, -0.2) is 4.79 Å². The maximum absolute atomic E-state index is 12.1. The van der Waals surface area contributed by atoms with Crippen LogP contribution in [0.5, 0.6) is 5.75 Å². The van der Waals surface area contributed by atoms with E-state index in [1.807, 2.05) is 38.1 Å². The number of aryl methyl sites for hydroxylation is 2. The van der Waals surface area contributed by atoms with E-state index in [1.54, 1.807) is 0 Å². The molecule has 1 aliphatic rings. The van der Waals surface area contributed by atoms with Gasteiger partial charge in [0.2, 0.25) is 5.88 Å². The largest absolute Gasteiger partial charge is 0.465 e. The van der Waals surface area contributed by atoms with Crippen LogP contribution >= 0.6 is 11.3 Å². The summed E-state index contributed by atoms with van der Waals surface area (Å²) in [6.45, 7) is 3.83. The van der Waals surface area contributed by atoms with Crippen molar-refractivity contribution in [3.05, 3.63) is 62.2 Å². The molecule has 0 saturated heterocycles. The summed E-state index contributed by atoms with van der Waals surface area (Å²) in [7, 11) is 1.33. The van der Waals surface area contributed by atoms with Crippen LogP contribution in [0.1, 0.15) is 37.2 Å². The van der Waals surface area contributed by atoms with Gasteiger partial charge in [0, 0.05) is 4.88 Å². The molecule has 2 aromatic rings. The molecule has 5 nitrogen and oxygen atoms in total. The standard InChI is InChI=1S/C18H16N2O3S/c1-9-4-6-11(7-5-9)14-12(8-19)17(20)23-15-13(18(21)22-3)10(2)24-16(14)15/h4-7,14H,20H2,1-3H3. The number of fused-ring (bicyclic) bond motifs is 1. The van der Waals surface area contributed by atoms with Gasteiger partial charge in [0.25, 0.3) is 0 Å². The molecule has 6 heteroatoms. The van der Waals surface area contributed by atoms with E-state index in [2.05, 4.69) is 6.07 Å². The van der Waals surface area contributed by atoms with Gasteiger partial charge in [-0.05, 0) is 19.4 Å². The Balaban J connectivity index is 2.24. The zero-order valence-corrected chi connectivity index (χ0v) is 14.4. The second-order valence-electron chi connectivity index (χ2n) is 5.55. The van der Waals surface area contributed by atoms with Crippen molar-refractivity contribution >= 4 is 17.3 Å². The number of allylic oxidation sites excluding steroid dienone is 1. The second kappa shape index (κ2) is 6.02. The SMILES string of the molecule is COC(=O)c1c(C)sc2c1OC(N)=C(C#N)C2c1ccc(C)cc1. The van der Waals surface area contributed by atoms with E-state index in [0.29, 0.717) is 16.9 Å². The monoisotopic (exact) mass is 340 g/mol. The number of esters is 1. The third-order valence-electron chi connectivity index (χ3n) is 4.01. The minimum absolute atomic E-state index is 0.0264. The Labute approximate surface area is 143 Å². The Kier molecular flexibility index (Phi) is 4.04. The first-order chi connectivity index (χ1) is 11.5. The molecule has 1 aromatic carbocycles. The maximum Gasteiger partial charge on any atom is 0.342 e. The molecular weight excluding hydrogens is 324 g/mol. The van der Waals surface area contributed by atoms with Gasteiger partial charge in [-0.1, -0.05) is 29.8 Å². The lowest BCUT2D eigenvalue weighted by Gasteiger charge is -2.24. The van der Waals surface area contributed by atoms with Crippen molar-refractivity contribution in [2.75, 3.05) is 7.11 Å². The molecule has 0 fully saturated rings. The molecule has 0 saturated carbocycles. The number of ether oxygens (including phenoxy) is 2. The van der Waals surface area contributed by atoms with Crippen molar-refractivity contribution in [2.45, 2.75) is 19.8 Å². The normalized spacial score (nSPS) is 16.2. The Morgan fingerprint density at radius 1 is 1.33 bits per heavy atom. The summed E-state index contributed by atoms with van der Waals surface area (Å²) in [5.74, 6) is -0.396. The number of nitrogens with zero attached hydrogens (tertiary/aromatic N) is 1. The van der Waals surface area contributed by atoms with Gasteiger partial charge in [-0.3, -0.25) is 0 Å². The van der Waals surface area contributed by atoms with Crippen LogP contribution in [0, 0.1) is 25.2 Å². The van der Waals surface area contributed by atoms with Crippen LogP contribution in [0.2, 0.25) is 0 Å². The highest BCUT2D eigenvalue weighted by atomic mass is 32.1. The second-order valence-corrected chi connectivity index (χ2v) is 6.81. The predicted octanol–water partition coefficient (Wildman–Crippen LogP) is 3.37. The van der Waals surface area contributed by atoms with E-state index in [0.717, 1.165) is 20.9 Å². The zero-order valence-electron chi connectivity index (χ0n) is 13.5. The predicted molar refractivity (Wildman–Crippen MR) is 90.9 cm³/mol. The lowest BCUT2D eigenvalue weighted by molar-refractivity contribution is 0.0597. The van der Waals surface area contributed by atoms with Crippen molar-refractivity contribution in [3.63, 3.8) is 0 Å². The average Bonchev–Trinajstić information content (AvgIpc) is 2.89. The van der Waals surface area contributed by atoms with E-state index in [9.17, 15) is 10.1 Å². The molecular formula is C18H16N2O3S. The van der Waals surface area contributed by atoms with Crippen LogP contribution in [0.4, 0.5) is 0 Å². The smallest absolute Gasteiger partial charge is 0.342 e. The summed E-state index contributed by atoms with van der Waals surface area (Å²) in [5, 5.41) is 9.55. The van der Waals surface area contributed by atoms with Crippen LogP contribution < -0.4 is 10.5 Å². The van der Waals surface area contributed by atoms with Gasteiger partial charge < -0.3 is 15.2 Å². The number of nitrogens with two attached hydrogens (primary N) is 1. The van der Waals surface area contributed by atoms with Crippen molar-refractivity contribution in [1.29, 1.82) is 5.26 Å². The van der Waals surface area contributed by atoms with E-state index in [1.165, 1.54) is 18.4 Å². The third kappa shape index (κ3) is 2.43. The van der Waals surface area contributed by atoms with Gasteiger partial charge in [-0.15, -0.1) is 11.3 Å². The summed E-state index contributed by atoms with van der Waals surface area (Å²) in [6, 6.07) is 10.0. The molecule has 0 amide bonds. The molecule has 1 aliphatic heterocycles. The van der Waals surface area contributed by atoms with E-state index in [-0.39, 0.29) is 11.8 Å². The van der Waals surface area contributed by atoms with E-state index < -0.39 is 5.97 Å². The van der Waals surface area contributed by atoms with E-state index >= 15 is 0 Å². The number of benzene rings is 1. The Morgan fingerprint density at radius 2 is 2.00 bits per heavy atom. The molecule has 122 valence electrons. The number of carbonyl (C=O) groups is 1. The molecule has 2 N–H and O–H groups in total. The zero-order chi connectivity index (χ0) is 17.4. The fraction of sp³-hybridized carbons (Fsp3) is 0.222. The van der Waals surface area contributed by atoms with Crippen molar-refractivity contribution in [2.24, 2.45) is 5.73 Å². The molecule has 0 aliphatic carbocycles. The molecule has 3 rings (SSSR count). The summed E-state index contributed by atoms with van der Waals surface area (Å²) in [4.78, 5) is 13.7. The lowest BCUT2D eigenvalue weighted by Crippen LogP contribution is -2.21. The van der Waals surface area contributed by atoms with Crippen LogP contribution in [0.3, 0.4) is 0 Å². The maximum atomic E-state index is 12.1. The van der Waals surface area contributed by atoms with Crippen LogP contribution in [-0.2, 0) is 4.74 Å². The first-order valence-corrected chi connectivity index (χ1v) is 8.15. The van der Waals surface area contributed by atoms with Crippen molar-refractivity contribution in [1.82, 2.24) is 0 Å². The van der Waals surface area contributed by atoms with Gasteiger partial charge >= 0.3 is 5.97 Å². The summed E-state index contributed by atoms with van der Waals surface area (Å²) in [6.07, 6.45) is 0. The minimum atomic E-state index is -0.471. The number of thiophene rings is 1. The summed E-state index contributed by atoms with van der Waals surface area (Å²) >= 11 is 1.42. The Bertz CT molecular complexity index is 888. The number of hydrogen-bond donors (Lipinski definition) is 1. The van der Waals surface area contributed by atoms with Gasteiger partial charge in [0.15, 0.2) is 5.75 Å². The Morgan fingerprint density at radius 3 is 2.58 bits per heavy atom. The van der Waals surface area contributed by atoms with Crippen molar-refractivity contribution < 1.29 is 14.3 Å². The summed E-state index contributed by atoms with van der Waals surface area (Å²) in [5.41, 5.74) is 8.75. The molecule has 1 unspecified atom stereocenters. The fourth-order valence-electron chi connectivity index (χ4n) is 2.81.